The van der Waals surface area contributed by atoms with Crippen molar-refractivity contribution in [3.63, 3.8) is 0 Å². The number of hydrogen-bond donors (Lipinski definition) is 0. The van der Waals surface area contributed by atoms with Crippen molar-refractivity contribution >= 4 is 22.2 Å². The van der Waals surface area contributed by atoms with Gasteiger partial charge in [-0.2, -0.15) is 8.78 Å². The molecule has 2 heterocycles. The molecule has 0 unspecified atom stereocenters. The number of ether oxygens (including phenoxy) is 1. The Balaban J connectivity index is 2.11. The van der Waals surface area contributed by atoms with E-state index in [1.54, 1.807) is 6.07 Å². The summed E-state index contributed by atoms with van der Waals surface area (Å²) in [6, 6.07) is 7.19. The van der Waals surface area contributed by atoms with Crippen LogP contribution in [0.5, 0.6) is 5.75 Å². The van der Waals surface area contributed by atoms with Crippen molar-refractivity contribution in [1.82, 2.24) is 9.97 Å². The smallest absolute Gasteiger partial charge is 0.387 e. The molecule has 0 spiro atoms. The van der Waals surface area contributed by atoms with Gasteiger partial charge in [0.25, 0.3) is 0 Å². The van der Waals surface area contributed by atoms with Crippen LogP contribution in [0.4, 0.5) is 8.78 Å². The molecule has 120 valence electrons. The average Bonchev–Trinajstić information content (AvgIpc) is 2.96. The third-order valence-electron chi connectivity index (χ3n) is 3.45. The third-order valence-corrected chi connectivity index (χ3v) is 4.33. The lowest BCUT2D eigenvalue weighted by molar-refractivity contribution is -0.0489. The Bertz CT molecular complexity index is 846. The number of benzene rings is 1. The summed E-state index contributed by atoms with van der Waals surface area (Å²) in [5.41, 5.74) is 2.94. The van der Waals surface area contributed by atoms with Gasteiger partial charge in [0.15, 0.2) is 5.75 Å². The summed E-state index contributed by atoms with van der Waals surface area (Å²) >= 11 is 1.50. The van der Waals surface area contributed by atoms with Gasteiger partial charge < -0.3 is 4.74 Å². The third kappa shape index (κ3) is 3.32. The van der Waals surface area contributed by atoms with Crippen LogP contribution in [0, 0.1) is 6.92 Å². The number of nitrogens with zero attached hydrogens (tertiary/aromatic N) is 2. The molecule has 2 aromatic heterocycles. The maximum atomic E-state index is 12.6. The molecule has 23 heavy (non-hydrogen) atoms. The van der Waals surface area contributed by atoms with Gasteiger partial charge in [-0.05, 0) is 36.6 Å². The first-order chi connectivity index (χ1) is 10.9. The van der Waals surface area contributed by atoms with Crippen molar-refractivity contribution in [2.75, 3.05) is 0 Å². The maximum Gasteiger partial charge on any atom is 0.387 e. The lowest BCUT2D eigenvalue weighted by atomic mass is 10.1. The number of aromatic nitrogens is 2. The number of fused-ring (bicyclic) bond motifs is 1. The molecule has 1 aromatic carbocycles. The van der Waals surface area contributed by atoms with Crippen molar-refractivity contribution in [3.05, 3.63) is 40.9 Å². The quantitative estimate of drug-likeness (QED) is 0.641. The van der Waals surface area contributed by atoms with Crippen LogP contribution in [0.25, 0.3) is 21.6 Å². The Hall–Kier alpha value is -2.08. The van der Waals surface area contributed by atoms with E-state index in [0.29, 0.717) is 17.1 Å². The molecule has 0 amide bonds. The van der Waals surface area contributed by atoms with Crippen LogP contribution >= 0.6 is 11.3 Å². The summed E-state index contributed by atoms with van der Waals surface area (Å²) in [7, 11) is 0. The van der Waals surface area contributed by atoms with Crippen molar-refractivity contribution in [2.24, 2.45) is 0 Å². The summed E-state index contributed by atoms with van der Waals surface area (Å²) in [4.78, 5) is 9.06. The second-order valence-corrected chi connectivity index (χ2v) is 6.50. The van der Waals surface area contributed by atoms with Crippen LogP contribution in [0.2, 0.25) is 0 Å². The molecule has 0 fully saturated rings. The molecular weight excluding hydrogens is 318 g/mol. The van der Waals surface area contributed by atoms with Crippen molar-refractivity contribution in [3.8, 4) is 16.5 Å². The molecule has 0 aliphatic carbocycles. The lowest BCUT2D eigenvalue weighted by Crippen LogP contribution is -2.03. The predicted octanol–water partition coefficient (Wildman–Crippen LogP) is 5.39. The monoisotopic (exact) mass is 334 g/mol. The van der Waals surface area contributed by atoms with Gasteiger partial charge in [0.1, 0.15) is 10.5 Å². The van der Waals surface area contributed by atoms with Gasteiger partial charge in [0.2, 0.25) is 0 Å². The van der Waals surface area contributed by atoms with E-state index in [1.165, 1.54) is 11.3 Å². The van der Waals surface area contributed by atoms with Gasteiger partial charge in [0.05, 0.1) is 11.4 Å². The zero-order valence-corrected chi connectivity index (χ0v) is 13.8. The minimum absolute atomic E-state index is 0.0949. The molecule has 3 aromatic rings. The fraction of sp³-hybridized carbons (Fsp3) is 0.294. The van der Waals surface area contributed by atoms with Crippen molar-refractivity contribution < 1.29 is 13.5 Å². The van der Waals surface area contributed by atoms with E-state index in [0.717, 1.165) is 21.7 Å². The van der Waals surface area contributed by atoms with Crippen LogP contribution in [0.1, 0.15) is 31.0 Å². The maximum absolute atomic E-state index is 12.6. The highest BCUT2D eigenvalue weighted by Crippen LogP contribution is 2.31. The van der Waals surface area contributed by atoms with Crippen molar-refractivity contribution in [2.45, 2.75) is 33.3 Å². The molecule has 3 rings (SSSR count). The van der Waals surface area contributed by atoms with E-state index < -0.39 is 6.61 Å². The Morgan fingerprint density at radius 1 is 1.13 bits per heavy atom. The Labute approximate surface area is 137 Å². The molecule has 0 saturated carbocycles. The number of halogens is 2. The summed E-state index contributed by atoms with van der Waals surface area (Å²) in [6.45, 7) is 3.10. The Kier molecular flexibility index (Phi) is 4.26. The molecule has 0 atom stereocenters. The molecule has 0 saturated heterocycles. The first-order valence-corrected chi connectivity index (χ1v) is 8.14. The minimum Gasteiger partial charge on any atom is -0.432 e. The lowest BCUT2D eigenvalue weighted by Gasteiger charge is -2.10. The zero-order valence-electron chi connectivity index (χ0n) is 13.0. The summed E-state index contributed by atoms with van der Waals surface area (Å²) in [5, 5.41) is 3.54. The summed E-state index contributed by atoms with van der Waals surface area (Å²) in [6.07, 6.45) is 0. The molecule has 6 heteroatoms. The van der Waals surface area contributed by atoms with Gasteiger partial charge in [-0.3, -0.25) is 0 Å². The average molecular weight is 334 g/mol. The first kappa shape index (κ1) is 15.8. The van der Waals surface area contributed by atoms with Crippen LogP contribution in [0.3, 0.4) is 0 Å². The Morgan fingerprint density at radius 2 is 1.91 bits per heavy atom. The second kappa shape index (κ2) is 6.20. The van der Waals surface area contributed by atoms with Crippen LogP contribution in [-0.2, 0) is 0 Å². The number of pyridine rings is 1. The van der Waals surface area contributed by atoms with Crippen LogP contribution in [-0.4, -0.2) is 16.6 Å². The summed E-state index contributed by atoms with van der Waals surface area (Å²) in [5.74, 6) is 0.429. The number of thiazole rings is 1. The van der Waals surface area contributed by atoms with Crippen LogP contribution in [0.15, 0.2) is 29.6 Å². The molecule has 0 N–H and O–H groups in total. The standard InChI is InChI=1S/C17H16F2N2OS/c1-9(2)13-8-23-16(21-13)12-5-4-11-6-10(3)7-14(15(11)20-12)22-17(18)19/h4-9,17H,1-3H3. The van der Waals surface area contributed by atoms with Crippen molar-refractivity contribution in [1.29, 1.82) is 0 Å². The minimum atomic E-state index is -2.88. The zero-order chi connectivity index (χ0) is 16.6. The number of aryl methyl sites for hydroxylation is 1. The number of alkyl halides is 2. The highest BCUT2D eigenvalue weighted by Gasteiger charge is 2.14. The van der Waals surface area contributed by atoms with E-state index in [4.69, 9.17) is 0 Å². The largest absolute Gasteiger partial charge is 0.432 e. The molecule has 0 radical (unpaired) electrons. The van der Waals surface area contributed by atoms with Gasteiger partial charge >= 0.3 is 6.61 Å². The molecular formula is C17H16F2N2OS. The molecule has 0 bridgehead atoms. The highest BCUT2D eigenvalue weighted by molar-refractivity contribution is 7.13. The first-order valence-electron chi connectivity index (χ1n) is 7.26. The molecule has 0 aliphatic rings. The van der Waals surface area contributed by atoms with Gasteiger partial charge in [-0.1, -0.05) is 19.9 Å². The van der Waals surface area contributed by atoms with E-state index in [9.17, 15) is 8.78 Å². The van der Waals surface area contributed by atoms with E-state index in [1.807, 2.05) is 30.5 Å². The van der Waals surface area contributed by atoms with Crippen LogP contribution < -0.4 is 4.74 Å². The van der Waals surface area contributed by atoms with Gasteiger partial charge in [-0.15, -0.1) is 11.3 Å². The number of rotatable bonds is 4. The van der Waals surface area contributed by atoms with Gasteiger partial charge in [0, 0.05) is 10.8 Å². The molecule has 3 nitrogen and oxygen atoms in total. The van der Waals surface area contributed by atoms with Gasteiger partial charge in [-0.25, -0.2) is 9.97 Å². The van der Waals surface area contributed by atoms with E-state index >= 15 is 0 Å². The molecule has 0 aliphatic heterocycles. The number of hydrogen-bond acceptors (Lipinski definition) is 4. The van der Waals surface area contributed by atoms with E-state index in [2.05, 4.69) is 28.6 Å². The second-order valence-electron chi connectivity index (χ2n) is 5.64. The fourth-order valence-corrected chi connectivity index (χ4v) is 3.27. The highest BCUT2D eigenvalue weighted by atomic mass is 32.1. The Morgan fingerprint density at radius 3 is 2.57 bits per heavy atom. The summed E-state index contributed by atoms with van der Waals surface area (Å²) < 4.78 is 29.9. The fourth-order valence-electron chi connectivity index (χ4n) is 2.32. The normalized spacial score (nSPS) is 11.6. The predicted molar refractivity (Wildman–Crippen MR) is 88.3 cm³/mol. The topological polar surface area (TPSA) is 35.0 Å². The SMILES string of the molecule is Cc1cc(OC(F)F)c2nc(-c3nc(C(C)C)cs3)ccc2c1. The van der Waals surface area contributed by atoms with E-state index in [-0.39, 0.29) is 5.75 Å².